The van der Waals surface area contributed by atoms with Gasteiger partial charge in [0.05, 0.1) is 19.8 Å². The minimum atomic E-state index is 0.429. The number of ether oxygens (including phenoxy) is 2. The molecule has 1 heterocycles. The third kappa shape index (κ3) is 2.58. The smallest absolute Gasteiger partial charge is 0.262 e. The van der Waals surface area contributed by atoms with Crippen molar-refractivity contribution in [2.45, 2.75) is 0 Å². The van der Waals surface area contributed by atoms with E-state index in [1.165, 1.54) is 0 Å². The van der Waals surface area contributed by atoms with Crippen molar-refractivity contribution in [2.24, 2.45) is 0 Å². The molecular weight excluding hydrogens is 268 g/mol. The lowest BCUT2D eigenvalue weighted by molar-refractivity contribution is 0.405. The summed E-state index contributed by atoms with van der Waals surface area (Å²) in [7, 11) is 3.24. The molecule has 0 aliphatic rings. The molecule has 0 bridgehead atoms. The molecule has 3 aromatic rings. The van der Waals surface area contributed by atoms with E-state index in [0.29, 0.717) is 17.5 Å². The molecule has 0 unspecified atom stereocenters. The quantitative estimate of drug-likeness (QED) is 0.733. The van der Waals surface area contributed by atoms with Gasteiger partial charge in [-0.2, -0.15) is 4.98 Å². The molecule has 0 N–H and O–H groups in total. The summed E-state index contributed by atoms with van der Waals surface area (Å²) < 4.78 is 15.8. The zero-order valence-corrected chi connectivity index (χ0v) is 11.7. The molecule has 106 valence electrons. The van der Waals surface area contributed by atoms with Crippen LogP contribution in [0.25, 0.3) is 22.8 Å². The Kier molecular flexibility index (Phi) is 3.55. The Morgan fingerprint density at radius 3 is 2.38 bits per heavy atom. The molecule has 0 amide bonds. The van der Waals surface area contributed by atoms with Crippen LogP contribution in [0.5, 0.6) is 11.5 Å². The van der Waals surface area contributed by atoms with Crippen molar-refractivity contribution >= 4 is 0 Å². The summed E-state index contributed by atoms with van der Waals surface area (Å²) >= 11 is 0. The summed E-state index contributed by atoms with van der Waals surface area (Å²) in [6.07, 6.45) is 0. The van der Waals surface area contributed by atoms with Gasteiger partial charge in [-0.3, -0.25) is 0 Å². The number of hydrogen-bond acceptors (Lipinski definition) is 5. The number of nitrogens with zero attached hydrogens (tertiary/aromatic N) is 2. The Bertz CT molecular complexity index is 735. The van der Waals surface area contributed by atoms with Crippen LogP contribution in [0.3, 0.4) is 0 Å². The Morgan fingerprint density at radius 1 is 0.905 bits per heavy atom. The van der Waals surface area contributed by atoms with E-state index >= 15 is 0 Å². The van der Waals surface area contributed by atoms with Gasteiger partial charge in [-0.1, -0.05) is 17.3 Å². The monoisotopic (exact) mass is 282 g/mol. The van der Waals surface area contributed by atoms with Crippen LogP contribution < -0.4 is 9.47 Å². The van der Waals surface area contributed by atoms with Gasteiger partial charge in [-0.15, -0.1) is 0 Å². The van der Waals surface area contributed by atoms with Gasteiger partial charge in [0.25, 0.3) is 5.89 Å². The molecule has 0 fully saturated rings. The van der Waals surface area contributed by atoms with E-state index in [4.69, 9.17) is 14.0 Å². The van der Waals surface area contributed by atoms with E-state index in [1.54, 1.807) is 14.2 Å². The van der Waals surface area contributed by atoms with Gasteiger partial charge in [-0.05, 0) is 36.4 Å². The van der Waals surface area contributed by atoms with Crippen LogP contribution >= 0.6 is 0 Å². The molecule has 5 nitrogen and oxygen atoms in total. The van der Waals surface area contributed by atoms with Crippen molar-refractivity contribution in [2.75, 3.05) is 14.2 Å². The highest BCUT2D eigenvalue weighted by molar-refractivity contribution is 5.65. The molecule has 3 rings (SSSR count). The summed E-state index contributed by atoms with van der Waals surface area (Å²) in [6.45, 7) is 0. The first-order valence-electron chi connectivity index (χ1n) is 6.43. The second kappa shape index (κ2) is 5.66. The van der Waals surface area contributed by atoms with Crippen LogP contribution in [0, 0.1) is 0 Å². The Balaban J connectivity index is 1.95. The molecule has 2 aromatic carbocycles. The summed E-state index contributed by atoms with van der Waals surface area (Å²) in [5, 5.41) is 4.01. The normalized spacial score (nSPS) is 10.4. The third-order valence-electron chi connectivity index (χ3n) is 3.11. The van der Waals surface area contributed by atoms with Gasteiger partial charge >= 0.3 is 0 Å². The Hall–Kier alpha value is -2.82. The second-order valence-electron chi connectivity index (χ2n) is 4.35. The van der Waals surface area contributed by atoms with Crippen molar-refractivity contribution in [3.63, 3.8) is 0 Å². The van der Waals surface area contributed by atoms with E-state index in [1.807, 2.05) is 48.5 Å². The van der Waals surface area contributed by atoms with E-state index in [2.05, 4.69) is 10.1 Å². The summed E-state index contributed by atoms with van der Waals surface area (Å²) in [5.41, 5.74) is 1.63. The largest absolute Gasteiger partial charge is 0.497 e. The summed E-state index contributed by atoms with van der Waals surface area (Å²) in [4.78, 5) is 4.42. The van der Waals surface area contributed by atoms with Crippen LogP contribution in [0.1, 0.15) is 0 Å². The number of benzene rings is 2. The summed E-state index contributed by atoms with van der Waals surface area (Å²) in [5.74, 6) is 2.44. The molecule has 21 heavy (non-hydrogen) atoms. The minimum Gasteiger partial charge on any atom is -0.497 e. The van der Waals surface area contributed by atoms with E-state index < -0.39 is 0 Å². The standard InChI is InChI=1S/C16H14N2O3/c1-19-12-9-7-11(8-10-12)15-17-16(21-18-15)13-5-3-4-6-14(13)20-2/h3-10H,1-2H3. The summed E-state index contributed by atoms with van der Waals surface area (Å²) in [6, 6.07) is 15.0. The number of aromatic nitrogens is 2. The first-order chi connectivity index (χ1) is 10.3. The molecule has 0 spiro atoms. The SMILES string of the molecule is COc1ccc(-c2noc(-c3ccccc3OC)n2)cc1. The fourth-order valence-electron chi connectivity index (χ4n) is 2.01. The number of methoxy groups -OCH3 is 2. The zero-order valence-electron chi connectivity index (χ0n) is 11.7. The van der Waals surface area contributed by atoms with Crippen molar-refractivity contribution < 1.29 is 14.0 Å². The van der Waals surface area contributed by atoms with E-state index in [9.17, 15) is 0 Å². The predicted molar refractivity (Wildman–Crippen MR) is 78.3 cm³/mol. The van der Waals surface area contributed by atoms with Gasteiger partial charge in [0.15, 0.2) is 0 Å². The fourth-order valence-corrected chi connectivity index (χ4v) is 2.01. The highest BCUT2D eigenvalue weighted by Crippen LogP contribution is 2.30. The molecule has 0 atom stereocenters. The second-order valence-corrected chi connectivity index (χ2v) is 4.35. The van der Waals surface area contributed by atoms with Crippen LogP contribution in [-0.4, -0.2) is 24.4 Å². The van der Waals surface area contributed by atoms with Gasteiger partial charge in [0.2, 0.25) is 5.82 Å². The van der Waals surface area contributed by atoms with Gasteiger partial charge in [0.1, 0.15) is 11.5 Å². The first-order valence-corrected chi connectivity index (χ1v) is 6.43. The van der Waals surface area contributed by atoms with Crippen molar-refractivity contribution in [1.82, 2.24) is 10.1 Å². The first kappa shape index (κ1) is 13.2. The van der Waals surface area contributed by atoms with Crippen LogP contribution in [0.4, 0.5) is 0 Å². The lowest BCUT2D eigenvalue weighted by Gasteiger charge is -2.02. The maximum absolute atomic E-state index is 5.33. The maximum Gasteiger partial charge on any atom is 0.262 e. The lowest BCUT2D eigenvalue weighted by atomic mass is 10.2. The third-order valence-corrected chi connectivity index (χ3v) is 3.11. The van der Waals surface area contributed by atoms with Crippen molar-refractivity contribution in [1.29, 1.82) is 0 Å². The number of rotatable bonds is 4. The van der Waals surface area contributed by atoms with Gasteiger partial charge in [-0.25, -0.2) is 0 Å². The Labute approximate surface area is 122 Å². The average Bonchev–Trinajstić information content (AvgIpc) is 3.04. The van der Waals surface area contributed by atoms with E-state index in [0.717, 1.165) is 16.9 Å². The zero-order chi connectivity index (χ0) is 14.7. The molecule has 0 radical (unpaired) electrons. The molecule has 0 aliphatic carbocycles. The highest BCUT2D eigenvalue weighted by Gasteiger charge is 2.14. The molecule has 0 saturated heterocycles. The number of para-hydroxylation sites is 1. The maximum atomic E-state index is 5.33. The Morgan fingerprint density at radius 2 is 1.67 bits per heavy atom. The van der Waals surface area contributed by atoms with Crippen LogP contribution in [0.15, 0.2) is 53.1 Å². The van der Waals surface area contributed by atoms with Gasteiger partial charge < -0.3 is 14.0 Å². The number of hydrogen-bond donors (Lipinski definition) is 0. The lowest BCUT2D eigenvalue weighted by Crippen LogP contribution is -1.87. The predicted octanol–water partition coefficient (Wildman–Crippen LogP) is 3.42. The van der Waals surface area contributed by atoms with Crippen LogP contribution in [0.2, 0.25) is 0 Å². The molecule has 1 aromatic heterocycles. The minimum absolute atomic E-state index is 0.429. The molecule has 5 heteroatoms. The molecule has 0 aliphatic heterocycles. The van der Waals surface area contributed by atoms with Gasteiger partial charge in [0, 0.05) is 5.56 Å². The molecular formula is C16H14N2O3. The van der Waals surface area contributed by atoms with E-state index in [-0.39, 0.29) is 0 Å². The topological polar surface area (TPSA) is 57.4 Å². The van der Waals surface area contributed by atoms with Crippen molar-refractivity contribution in [3.8, 4) is 34.3 Å². The fraction of sp³-hybridized carbons (Fsp3) is 0.125. The highest BCUT2D eigenvalue weighted by atomic mass is 16.5. The average molecular weight is 282 g/mol. The molecule has 0 saturated carbocycles. The van der Waals surface area contributed by atoms with Crippen LogP contribution in [-0.2, 0) is 0 Å². The van der Waals surface area contributed by atoms with Crippen molar-refractivity contribution in [3.05, 3.63) is 48.5 Å².